The van der Waals surface area contributed by atoms with Gasteiger partial charge in [0.2, 0.25) is 0 Å². The first-order chi connectivity index (χ1) is 11.7. The lowest BCUT2D eigenvalue weighted by atomic mass is 9.98. The number of nitrogens with one attached hydrogen (secondary N) is 1. The van der Waals surface area contributed by atoms with Crippen molar-refractivity contribution in [1.29, 1.82) is 0 Å². The number of alkyl carbamates (subject to hydrolysis) is 1. The van der Waals surface area contributed by atoms with Crippen LogP contribution in [0.25, 0.3) is 0 Å². The number of aryl methyl sites for hydroxylation is 1. The van der Waals surface area contributed by atoms with Gasteiger partial charge in [-0.3, -0.25) is 0 Å². The van der Waals surface area contributed by atoms with Gasteiger partial charge in [-0.25, -0.2) is 9.59 Å². The molecule has 1 amide bonds. The molecule has 0 fully saturated rings. The predicted octanol–water partition coefficient (Wildman–Crippen LogP) is 2.78. The molecule has 25 heavy (non-hydrogen) atoms. The number of amides is 1. The number of aliphatic carboxylic acids is 1. The van der Waals surface area contributed by atoms with E-state index in [2.05, 4.69) is 11.2 Å². The fourth-order valence-electron chi connectivity index (χ4n) is 2.22. The molecule has 2 N–H and O–H groups in total. The minimum atomic E-state index is -1.12. The summed E-state index contributed by atoms with van der Waals surface area (Å²) in [6.45, 7) is 7.27. The van der Waals surface area contributed by atoms with Gasteiger partial charge in [-0.05, 0) is 50.5 Å². The molecule has 0 radical (unpaired) electrons. The molecule has 1 aromatic rings. The van der Waals surface area contributed by atoms with Gasteiger partial charge in [-0.15, -0.1) is 6.42 Å². The average Bonchev–Trinajstić information content (AvgIpc) is 2.51. The van der Waals surface area contributed by atoms with Crippen LogP contribution in [-0.2, 0) is 22.4 Å². The van der Waals surface area contributed by atoms with Gasteiger partial charge < -0.3 is 19.9 Å². The largest absolute Gasteiger partial charge is 0.481 e. The summed E-state index contributed by atoms with van der Waals surface area (Å²) in [6.07, 6.45) is 5.26. The fourth-order valence-corrected chi connectivity index (χ4v) is 2.22. The van der Waals surface area contributed by atoms with E-state index in [4.69, 9.17) is 15.9 Å². The zero-order valence-corrected chi connectivity index (χ0v) is 15.1. The highest BCUT2D eigenvalue weighted by Gasteiger charge is 2.25. The number of benzene rings is 1. The Hall–Kier alpha value is -2.68. The van der Waals surface area contributed by atoms with Crippen LogP contribution in [0.1, 0.15) is 38.8 Å². The van der Waals surface area contributed by atoms with Crippen LogP contribution in [0.4, 0.5) is 4.79 Å². The predicted molar refractivity (Wildman–Crippen MR) is 94.6 cm³/mol. The zero-order chi connectivity index (χ0) is 19.0. The van der Waals surface area contributed by atoms with E-state index >= 15 is 0 Å². The van der Waals surface area contributed by atoms with E-state index in [0.717, 1.165) is 11.1 Å². The van der Waals surface area contributed by atoms with Crippen molar-refractivity contribution in [2.45, 2.75) is 52.2 Å². The smallest absolute Gasteiger partial charge is 0.408 e. The number of hydrogen-bond donors (Lipinski definition) is 2. The van der Waals surface area contributed by atoms with E-state index in [-0.39, 0.29) is 13.0 Å². The molecule has 1 aromatic carbocycles. The lowest BCUT2D eigenvalue weighted by molar-refractivity contribution is -0.139. The molecule has 0 aliphatic carbocycles. The Morgan fingerprint density at radius 3 is 2.52 bits per heavy atom. The summed E-state index contributed by atoms with van der Waals surface area (Å²) < 4.78 is 10.5. The SMILES string of the molecule is C#CCOc1ccc(C[C@H](NC(=O)OC(C)(C)C)C(=O)O)c(CC)c1. The van der Waals surface area contributed by atoms with Crippen molar-refractivity contribution in [2.75, 3.05) is 6.61 Å². The first kappa shape index (κ1) is 20.4. The number of terminal acetylenes is 1. The third kappa shape index (κ3) is 7.17. The maximum absolute atomic E-state index is 11.9. The summed E-state index contributed by atoms with van der Waals surface area (Å²) in [4.78, 5) is 23.4. The van der Waals surface area contributed by atoms with E-state index in [1.165, 1.54) is 0 Å². The summed E-state index contributed by atoms with van der Waals surface area (Å²) in [7, 11) is 0. The molecule has 0 aliphatic rings. The number of carbonyl (C=O) groups excluding carboxylic acids is 1. The molecule has 1 atom stereocenters. The standard InChI is InChI=1S/C19H25NO5/c1-6-10-24-15-9-8-14(13(7-2)11-15)12-16(17(21)22)20-18(23)25-19(3,4)5/h1,8-9,11,16H,7,10,12H2,2-5H3,(H,20,23)(H,21,22)/t16-/m0/s1. The third-order valence-electron chi connectivity index (χ3n) is 3.29. The molecule has 0 heterocycles. The maximum Gasteiger partial charge on any atom is 0.408 e. The van der Waals surface area contributed by atoms with Crippen molar-refractivity contribution < 1.29 is 24.2 Å². The highest BCUT2D eigenvalue weighted by Crippen LogP contribution is 2.20. The van der Waals surface area contributed by atoms with Gasteiger partial charge in [0.05, 0.1) is 0 Å². The quantitative estimate of drug-likeness (QED) is 0.741. The lowest BCUT2D eigenvalue weighted by Crippen LogP contribution is -2.44. The summed E-state index contributed by atoms with van der Waals surface area (Å²) in [5, 5.41) is 11.8. The molecule has 1 rings (SSSR count). The molecule has 136 valence electrons. The molecule has 0 aliphatic heterocycles. The first-order valence-corrected chi connectivity index (χ1v) is 8.06. The van der Waals surface area contributed by atoms with E-state index in [9.17, 15) is 14.7 Å². The van der Waals surface area contributed by atoms with E-state index < -0.39 is 23.7 Å². The topological polar surface area (TPSA) is 84.9 Å². The van der Waals surface area contributed by atoms with Crippen LogP contribution in [0.3, 0.4) is 0 Å². The monoisotopic (exact) mass is 347 g/mol. The zero-order valence-electron chi connectivity index (χ0n) is 15.1. The van der Waals surface area contributed by atoms with E-state index in [0.29, 0.717) is 12.2 Å². The second-order valence-electron chi connectivity index (χ2n) is 6.52. The highest BCUT2D eigenvalue weighted by molar-refractivity contribution is 5.80. The number of hydrogen-bond acceptors (Lipinski definition) is 4. The first-order valence-electron chi connectivity index (χ1n) is 8.06. The van der Waals surface area contributed by atoms with Crippen molar-refractivity contribution in [1.82, 2.24) is 5.32 Å². The minimum Gasteiger partial charge on any atom is -0.481 e. The number of rotatable bonds is 7. The molecule has 0 unspecified atom stereocenters. The van der Waals surface area contributed by atoms with Gasteiger partial charge in [-0.1, -0.05) is 18.9 Å². The van der Waals surface area contributed by atoms with Crippen LogP contribution >= 0.6 is 0 Å². The van der Waals surface area contributed by atoms with Crippen molar-refractivity contribution in [2.24, 2.45) is 0 Å². The Bertz CT molecular complexity index is 655. The van der Waals surface area contributed by atoms with Gasteiger partial charge in [0, 0.05) is 6.42 Å². The Balaban J connectivity index is 2.89. The van der Waals surface area contributed by atoms with Gasteiger partial charge in [0.1, 0.15) is 24.0 Å². The maximum atomic E-state index is 11.9. The van der Waals surface area contributed by atoms with Crippen molar-refractivity contribution in [3.63, 3.8) is 0 Å². The highest BCUT2D eigenvalue weighted by atomic mass is 16.6. The molecular formula is C19H25NO5. The molecule has 6 heteroatoms. The van der Waals surface area contributed by atoms with Crippen LogP contribution < -0.4 is 10.1 Å². The van der Waals surface area contributed by atoms with Crippen LogP contribution in [0.15, 0.2) is 18.2 Å². The fraction of sp³-hybridized carbons (Fsp3) is 0.474. The Morgan fingerprint density at radius 1 is 1.32 bits per heavy atom. The molecular weight excluding hydrogens is 322 g/mol. The third-order valence-corrected chi connectivity index (χ3v) is 3.29. The molecule has 0 saturated carbocycles. The minimum absolute atomic E-state index is 0.146. The van der Waals surface area contributed by atoms with Crippen molar-refractivity contribution in [3.05, 3.63) is 29.3 Å². The van der Waals surface area contributed by atoms with Gasteiger partial charge in [0.15, 0.2) is 0 Å². The normalized spacial score (nSPS) is 12.0. The number of ether oxygens (including phenoxy) is 2. The van der Waals surface area contributed by atoms with Crippen molar-refractivity contribution >= 4 is 12.1 Å². The van der Waals surface area contributed by atoms with Gasteiger partial charge >= 0.3 is 12.1 Å². The second-order valence-corrected chi connectivity index (χ2v) is 6.52. The average molecular weight is 347 g/mol. The molecule has 0 bridgehead atoms. The molecule has 0 spiro atoms. The van der Waals surface area contributed by atoms with Crippen LogP contribution in [0, 0.1) is 12.3 Å². The lowest BCUT2D eigenvalue weighted by Gasteiger charge is -2.22. The Kier molecular flexibility index (Phi) is 7.31. The summed E-state index contributed by atoms with van der Waals surface area (Å²) in [5.41, 5.74) is 1.06. The van der Waals surface area contributed by atoms with E-state index in [1.807, 2.05) is 13.0 Å². The van der Waals surface area contributed by atoms with Gasteiger partial charge in [0.25, 0.3) is 0 Å². The van der Waals surface area contributed by atoms with Gasteiger partial charge in [-0.2, -0.15) is 0 Å². The van der Waals surface area contributed by atoms with E-state index in [1.54, 1.807) is 32.9 Å². The summed E-state index contributed by atoms with van der Waals surface area (Å²) in [5.74, 6) is 1.90. The Morgan fingerprint density at radius 2 is 2.00 bits per heavy atom. The molecule has 6 nitrogen and oxygen atoms in total. The number of carboxylic acid groups (broad SMARTS) is 1. The van der Waals surface area contributed by atoms with Crippen molar-refractivity contribution in [3.8, 4) is 18.1 Å². The molecule has 0 saturated heterocycles. The number of carbonyl (C=O) groups is 2. The summed E-state index contributed by atoms with van der Waals surface area (Å²) in [6, 6.07) is 4.27. The Labute approximate surface area is 148 Å². The second kappa shape index (κ2) is 8.97. The van der Waals surface area contributed by atoms with Crippen LogP contribution in [0.2, 0.25) is 0 Å². The van der Waals surface area contributed by atoms with Crippen LogP contribution in [0.5, 0.6) is 5.75 Å². The summed E-state index contributed by atoms with van der Waals surface area (Å²) >= 11 is 0. The number of carboxylic acids is 1. The molecule has 0 aromatic heterocycles. The van der Waals surface area contributed by atoms with Crippen LogP contribution in [-0.4, -0.2) is 35.4 Å².